The van der Waals surface area contributed by atoms with Crippen LogP contribution in [0.15, 0.2) is 65.0 Å². The molecule has 2 aliphatic rings. The van der Waals surface area contributed by atoms with E-state index in [4.69, 9.17) is 11.6 Å². The number of ketones is 1. The minimum Gasteiger partial charge on any atom is -0.362 e. The maximum absolute atomic E-state index is 13.5. The van der Waals surface area contributed by atoms with Gasteiger partial charge in [-0.15, -0.1) is 0 Å². The number of alkyl halides is 3. The Balaban J connectivity index is 1.79. The summed E-state index contributed by atoms with van der Waals surface area (Å²) in [6.07, 6.45) is -2.78. The summed E-state index contributed by atoms with van der Waals surface area (Å²) in [5.74, 6) is -1.27. The molecular weight excluding hydrogens is 453 g/mol. The van der Waals surface area contributed by atoms with Crippen molar-refractivity contribution in [3.63, 3.8) is 0 Å². The number of hydrogen-bond acceptors (Lipinski definition) is 3. The van der Waals surface area contributed by atoms with Gasteiger partial charge in [0.15, 0.2) is 5.78 Å². The Morgan fingerprint density at radius 2 is 1.85 bits per heavy atom. The van der Waals surface area contributed by atoms with E-state index in [2.05, 4.69) is 10.6 Å². The minimum absolute atomic E-state index is 0.0144. The quantitative estimate of drug-likeness (QED) is 0.551. The molecule has 0 fully saturated rings. The largest absolute Gasteiger partial charge is 0.416 e. The molecule has 0 radical (unpaired) electrons. The molecule has 2 aromatic rings. The van der Waals surface area contributed by atoms with Crippen LogP contribution in [0.4, 0.5) is 18.9 Å². The summed E-state index contributed by atoms with van der Waals surface area (Å²) in [5, 5.41) is 5.73. The summed E-state index contributed by atoms with van der Waals surface area (Å²) in [4.78, 5) is 26.5. The first-order valence-corrected chi connectivity index (χ1v) is 10.9. The van der Waals surface area contributed by atoms with Gasteiger partial charge in [0, 0.05) is 34.9 Å². The number of halogens is 4. The maximum Gasteiger partial charge on any atom is 0.416 e. The summed E-state index contributed by atoms with van der Waals surface area (Å²) in [7, 11) is 0. The third-order valence-corrected chi connectivity index (χ3v) is 6.39. The normalized spacial score (nSPS) is 18.7. The van der Waals surface area contributed by atoms with Crippen LogP contribution in [0.25, 0.3) is 0 Å². The van der Waals surface area contributed by atoms with Crippen LogP contribution in [-0.2, 0) is 15.8 Å². The molecule has 0 saturated carbocycles. The van der Waals surface area contributed by atoms with Crippen molar-refractivity contribution in [3.8, 4) is 0 Å². The van der Waals surface area contributed by atoms with Gasteiger partial charge in [-0.25, -0.2) is 0 Å². The molecule has 4 nitrogen and oxygen atoms in total. The third-order valence-electron chi connectivity index (χ3n) is 6.06. The van der Waals surface area contributed by atoms with Gasteiger partial charge in [0.05, 0.1) is 16.3 Å². The first kappa shape index (κ1) is 23.1. The van der Waals surface area contributed by atoms with Crippen molar-refractivity contribution in [1.29, 1.82) is 0 Å². The van der Waals surface area contributed by atoms with E-state index < -0.39 is 23.6 Å². The molecule has 0 unspecified atom stereocenters. The number of carbonyl (C=O) groups is 2. The van der Waals surface area contributed by atoms with E-state index in [-0.39, 0.29) is 22.1 Å². The van der Waals surface area contributed by atoms with Crippen molar-refractivity contribution in [2.24, 2.45) is 0 Å². The number of hydrogen-bond donors (Lipinski definition) is 2. The fraction of sp³-hybridized carbons (Fsp3) is 0.280. The molecular formula is C25H22ClF3N2O2. The SMILES string of the molecule is CC1=C(C(=O)Nc2cc(C(F)(F)F)ccc2Cl)[C@@H](c2ccccc2C)C2=C(CCCC2=O)N1. The van der Waals surface area contributed by atoms with E-state index in [1.54, 1.807) is 6.92 Å². The Kier molecular flexibility index (Phi) is 6.10. The summed E-state index contributed by atoms with van der Waals surface area (Å²) in [6, 6.07) is 10.3. The first-order valence-electron chi connectivity index (χ1n) is 10.6. The van der Waals surface area contributed by atoms with Crippen molar-refractivity contribution >= 4 is 29.0 Å². The van der Waals surface area contributed by atoms with Gasteiger partial charge >= 0.3 is 6.18 Å². The van der Waals surface area contributed by atoms with Crippen LogP contribution < -0.4 is 10.6 Å². The molecule has 1 heterocycles. The third kappa shape index (κ3) is 4.42. The van der Waals surface area contributed by atoms with E-state index in [0.717, 1.165) is 41.4 Å². The Hall–Kier alpha value is -3.06. The van der Waals surface area contributed by atoms with Gasteiger partial charge in [0.2, 0.25) is 0 Å². The van der Waals surface area contributed by atoms with Crippen molar-refractivity contribution in [2.75, 3.05) is 5.32 Å². The van der Waals surface area contributed by atoms with Crippen LogP contribution in [0.5, 0.6) is 0 Å². The van der Waals surface area contributed by atoms with Gasteiger partial charge < -0.3 is 10.6 Å². The predicted octanol–water partition coefficient (Wildman–Crippen LogP) is 6.27. The molecule has 1 amide bonds. The molecule has 0 spiro atoms. The molecule has 33 heavy (non-hydrogen) atoms. The van der Waals surface area contributed by atoms with Gasteiger partial charge in [-0.05, 0) is 56.0 Å². The molecule has 0 saturated heterocycles. The van der Waals surface area contributed by atoms with Gasteiger partial charge in [-0.3, -0.25) is 9.59 Å². The number of nitrogens with one attached hydrogen (secondary N) is 2. The number of dihydropyridines is 1. The molecule has 1 aliphatic heterocycles. The van der Waals surface area contributed by atoms with Gasteiger partial charge in [-0.2, -0.15) is 13.2 Å². The number of aryl methyl sites for hydroxylation is 1. The zero-order chi connectivity index (χ0) is 23.9. The van der Waals surface area contributed by atoms with Crippen LogP contribution in [0.1, 0.15) is 48.8 Å². The molecule has 1 aliphatic carbocycles. The number of amides is 1. The Morgan fingerprint density at radius 1 is 1.12 bits per heavy atom. The van der Waals surface area contributed by atoms with E-state index in [1.165, 1.54) is 0 Å². The van der Waals surface area contributed by atoms with Gasteiger partial charge in [0.1, 0.15) is 0 Å². The fourth-order valence-electron chi connectivity index (χ4n) is 4.49. The van der Waals surface area contributed by atoms with Crippen LogP contribution in [0, 0.1) is 6.92 Å². The number of anilines is 1. The second-order valence-corrected chi connectivity index (χ2v) is 8.68. The monoisotopic (exact) mass is 474 g/mol. The lowest BCUT2D eigenvalue weighted by atomic mass is 9.74. The Labute approximate surface area is 194 Å². The number of Topliss-reactive ketones (excluding diaryl/α,β-unsaturated/α-hetero) is 1. The summed E-state index contributed by atoms with van der Waals surface area (Å²) in [5.41, 5.74) is 2.83. The fourth-order valence-corrected chi connectivity index (χ4v) is 4.66. The molecule has 2 aromatic carbocycles. The van der Waals surface area contributed by atoms with Crippen LogP contribution in [-0.4, -0.2) is 11.7 Å². The summed E-state index contributed by atoms with van der Waals surface area (Å²) < 4.78 is 39.6. The van der Waals surface area contributed by atoms with E-state index in [0.29, 0.717) is 24.1 Å². The average molecular weight is 475 g/mol. The lowest BCUT2D eigenvalue weighted by Gasteiger charge is -2.35. The zero-order valence-corrected chi connectivity index (χ0v) is 18.8. The van der Waals surface area contributed by atoms with E-state index in [1.807, 2.05) is 31.2 Å². The topological polar surface area (TPSA) is 58.2 Å². The molecule has 0 aromatic heterocycles. The highest BCUT2D eigenvalue weighted by molar-refractivity contribution is 6.34. The van der Waals surface area contributed by atoms with Crippen molar-refractivity contribution in [3.05, 3.63) is 86.7 Å². The van der Waals surface area contributed by atoms with Crippen molar-refractivity contribution in [1.82, 2.24) is 5.32 Å². The standard InChI is InChI=1S/C25H22ClF3N2O2/c1-13-6-3-4-7-16(13)22-21(14(2)30-18-8-5-9-20(32)23(18)22)24(33)31-19-12-15(25(27,28)29)10-11-17(19)26/h3-4,6-7,10-12,22,30H,5,8-9H2,1-2H3,(H,31,33)/t22-/m1/s1. The number of allylic oxidation sites excluding steroid dienone is 3. The summed E-state index contributed by atoms with van der Waals surface area (Å²) >= 11 is 6.10. The molecule has 2 N–H and O–H groups in total. The highest BCUT2D eigenvalue weighted by Crippen LogP contribution is 2.43. The molecule has 4 rings (SSSR count). The molecule has 0 bridgehead atoms. The molecule has 8 heteroatoms. The smallest absolute Gasteiger partial charge is 0.362 e. The lowest BCUT2D eigenvalue weighted by Crippen LogP contribution is -2.35. The Bertz CT molecular complexity index is 1210. The van der Waals surface area contributed by atoms with Crippen LogP contribution >= 0.6 is 11.6 Å². The first-order chi connectivity index (χ1) is 15.6. The highest BCUT2D eigenvalue weighted by Gasteiger charge is 2.39. The number of benzene rings is 2. The summed E-state index contributed by atoms with van der Waals surface area (Å²) in [6.45, 7) is 3.64. The van der Waals surface area contributed by atoms with Gasteiger partial charge in [0.25, 0.3) is 5.91 Å². The lowest BCUT2D eigenvalue weighted by molar-refractivity contribution is -0.137. The predicted molar refractivity (Wildman–Crippen MR) is 121 cm³/mol. The molecule has 1 atom stereocenters. The van der Waals surface area contributed by atoms with E-state index in [9.17, 15) is 22.8 Å². The number of carbonyl (C=O) groups excluding carboxylic acids is 2. The second kappa shape index (κ2) is 8.71. The highest BCUT2D eigenvalue weighted by atomic mass is 35.5. The molecule has 172 valence electrons. The van der Waals surface area contributed by atoms with Crippen LogP contribution in [0.3, 0.4) is 0 Å². The van der Waals surface area contributed by atoms with Crippen molar-refractivity contribution in [2.45, 2.75) is 45.2 Å². The maximum atomic E-state index is 13.5. The van der Waals surface area contributed by atoms with E-state index >= 15 is 0 Å². The number of rotatable bonds is 3. The second-order valence-electron chi connectivity index (χ2n) is 8.27. The van der Waals surface area contributed by atoms with Crippen molar-refractivity contribution < 1.29 is 22.8 Å². The van der Waals surface area contributed by atoms with Crippen LogP contribution in [0.2, 0.25) is 5.02 Å². The average Bonchev–Trinajstić information content (AvgIpc) is 2.74. The Morgan fingerprint density at radius 3 is 2.55 bits per heavy atom. The van der Waals surface area contributed by atoms with Gasteiger partial charge in [-0.1, -0.05) is 35.9 Å². The minimum atomic E-state index is -4.58. The zero-order valence-electron chi connectivity index (χ0n) is 18.1.